The Hall–Kier alpha value is -2.29. The van der Waals surface area contributed by atoms with Gasteiger partial charge in [-0.05, 0) is 29.4 Å². The van der Waals surface area contributed by atoms with E-state index in [0.29, 0.717) is 5.75 Å². The highest BCUT2D eigenvalue weighted by molar-refractivity contribution is 6.26. The number of benzene rings is 1. The van der Waals surface area contributed by atoms with E-state index in [4.69, 9.17) is 21.1 Å². The second-order valence-corrected chi connectivity index (χ2v) is 5.29. The van der Waals surface area contributed by atoms with E-state index in [1.165, 1.54) is 31.4 Å². The minimum absolute atomic E-state index is 0.164. The largest absolute Gasteiger partial charge is 0.497 e. The van der Waals surface area contributed by atoms with Crippen molar-refractivity contribution in [3.05, 3.63) is 53.1 Å². The van der Waals surface area contributed by atoms with Gasteiger partial charge in [0.05, 0.1) is 7.11 Å². The Balaban J connectivity index is 1.98. The normalized spacial score (nSPS) is 29.5. The van der Waals surface area contributed by atoms with Gasteiger partial charge >= 0.3 is 5.79 Å². The standard InChI is InChI=1S/C14H7ClF5NO3/c1-22-7-4-2-6(3-5-7)12-21-24-14(23-12)10(18)8(16)13(15,20)9(17)11(14)19/h2-5H,1H3. The number of halogens is 6. The highest BCUT2D eigenvalue weighted by atomic mass is 35.5. The van der Waals surface area contributed by atoms with Crippen molar-refractivity contribution in [2.45, 2.75) is 10.9 Å². The lowest BCUT2D eigenvalue weighted by Crippen LogP contribution is -2.42. The van der Waals surface area contributed by atoms with Crippen LogP contribution in [0.3, 0.4) is 0 Å². The number of nitrogens with zero attached hydrogens (tertiary/aromatic N) is 1. The lowest BCUT2D eigenvalue weighted by atomic mass is 10.0. The molecule has 0 unspecified atom stereocenters. The average molecular weight is 368 g/mol. The minimum atomic E-state index is -4.12. The van der Waals surface area contributed by atoms with Gasteiger partial charge in [0.25, 0.3) is 11.0 Å². The predicted molar refractivity (Wildman–Crippen MR) is 72.6 cm³/mol. The van der Waals surface area contributed by atoms with E-state index in [1.807, 2.05) is 0 Å². The van der Waals surface area contributed by atoms with E-state index in [2.05, 4.69) is 9.99 Å². The molecule has 1 aliphatic carbocycles. The first-order chi connectivity index (χ1) is 11.2. The maximum atomic E-state index is 14.1. The molecule has 1 aromatic rings. The SMILES string of the molecule is COc1ccc(C2=NOC3(O2)C(F)=C(F)C(F)(Cl)C(F)=C3F)cc1. The number of ether oxygens (including phenoxy) is 2. The Morgan fingerprint density at radius 2 is 1.54 bits per heavy atom. The van der Waals surface area contributed by atoms with E-state index in [1.54, 1.807) is 0 Å². The van der Waals surface area contributed by atoms with Crippen molar-refractivity contribution in [3.63, 3.8) is 0 Å². The van der Waals surface area contributed by atoms with Crippen LogP contribution in [0, 0.1) is 0 Å². The zero-order valence-corrected chi connectivity index (χ0v) is 12.5. The number of alkyl halides is 2. The molecule has 0 saturated carbocycles. The molecule has 0 atom stereocenters. The van der Waals surface area contributed by atoms with Gasteiger partial charge in [-0.25, -0.2) is 13.2 Å². The Morgan fingerprint density at radius 1 is 1.00 bits per heavy atom. The van der Waals surface area contributed by atoms with Gasteiger partial charge in [-0.3, -0.25) is 0 Å². The maximum Gasteiger partial charge on any atom is 0.388 e. The molecule has 1 aliphatic heterocycles. The summed E-state index contributed by atoms with van der Waals surface area (Å²) in [5, 5.41) is -0.854. The summed E-state index contributed by atoms with van der Waals surface area (Å²) >= 11 is 4.84. The molecule has 0 N–H and O–H groups in total. The Morgan fingerprint density at radius 3 is 2.04 bits per heavy atom. The van der Waals surface area contributed by atoms with Crippen LogP contribution in [0.15, 0.2) is 52.7 Å². The molecule has 0 bridgehead atoms. The fourth-order valence-corrected chi connectivity index (χ4v) is 2.22. The molecule has 10 heteroatoms. The molecule has 0 fully saturated rings. The van der Waals surface area contributed by atoms with E-state index < -0.39 is 40.1 Å². The summed E-state index contributed by atoms with van der Waals surface area (Å²) in [6.07, 6.45) is 0. The molecule has 4 nitrogen and oxygen atoms in total. The number of hydrogen-bond acceptors (Lipinski definition) is 4. The van der Waals surface area contributed by atoms with Gasteiger partial charge < -0.3 is 14.3 Å². The minimum Gasteiger partial charge on any atom is -0.497 e. The summed E-state index contributed by atoms with van der Waals surface area (Å²) in [6, 6.07) is 5.72. The number of rotatable bonds is 2. The first kappa shape index (κ1) is 16.6. The quantitative estimate of drug-likeness (QED) is 0.577. The molecule has 2 aliphatic rings. The van der Waals surface area contributed by atoms with Crippen molar-refractivity contribution in [1.82, 2.24) is 0 Å². The molecular formula is C14H7ClF5NO3. The first-order valence-corrected chi connectivity index (χ1v) is 6.71. The second kappa shape index (κ2) is 5.37. The van der Waals surface area contributed by atoms with Gasteiger partial charge in [-0.1, -0.05) is 11.6 Å². The third-order valence-electron chi connectivity index (χ3n) is 3.35. The fraction of sp³-hybridized carbons (Fsp3) is 0.214. The van der Waals surface area contributed by atoms with Crippen LogP contribution in [-0.2, 0) is 9.57 Å². The number of oxime groups is 1. The second-order valence-electron chi connectivity index (χ2n) is 4.77. The van der Waals surface area contributed by atoms with Crippen LogP contribution in [0.25, 0.3) is 0 Å². The number of hydrogen-bond donors (Lipinski definition) is 0. The third-order valence-corrected chi connectivity index (χ3v) is 3.68. The third kappa shape index (κ3) is 2.15. The van der Waals surface area contributed by atoms with E-state index >= 15 is 0 Å². The summed E-state index contributed by atoms with van der Waals surface area (Å²) in [4.78, 5) is 4.43. The summed E-state index contributed by atoms with van der Waals surface area (Å²) in [7, 11) is 1.42. The molecule has 1 spiro atoms. The number of methoxy groups -OCH3 is 1. The van der Waals surface area contributed by atoms with Crippen molar-refractivity contribution >= 4 is 17.5 Å². The highest BCUT2D eigenvalue weighted by Gasteiger charge is 2.64. The van der Waals surface area contributed by atoms with Crippen LogP contribution in [-0.4, -0.2) is 23.9 Å². The molecule has 0 saturated heterocycles. The van der Waals surface area contributed by atoms with Crippen molar-refractivity contribution in [1.29, 1.82) is 0 Å². The van der Waals surface area contributed by atoms with Crippen LogP contribution in [0.5, 0.6) is 5.75 Å². The van der Waals surface area contributed by atoms with Crippen LogP contribution in [0.4, 0.5) is 22.0 Å². The zero-order chi connectivity index (χ0) is 17.7. The summed E-state index contributed by atoms with van der Waals surface area (Å²) in [5.74, 6) is -12.6. The van der Waals surface area contributed by atoms with Gasteiger partial charge in [0, 0.05) is 5.56 Å². The Bertz CT molecular complexity index is 760. The van der Waals surface area contributed by atoms with E-state index in [0.717, 1.165) is 0 Å². The van der Waals surface area contributed by atoms with E-state index in [9.17, 15) is 22.0 Å². The van der Waals surface area contributed by atoms with Gasteiger partial charge in [0.15, 0.2) is 11.7 Å². The molecule has 3 rings (SSSR count). The van der Waals surface area contributed by atoms with Gasteiger partial charge in [0.2, 0.25) is 11.7 Å². The lowest BCUT2D eigenvalue weighted by Gasteiger charge is -2.29. The molecule has 0 aromatic heterocycles. The van der Waals surface area contributed by atoms with Gasteiger partial charge in [-0.15, -0.1) is 0 Å². The molecule has 128 valence electrons. The van der Waals surface area contributed by atoms with E-state index in [-0.39, 0.29) is 5.56 Å². The zero-order valence-electron chi connectivity index (χ0n) is 11.7. The molecule has 0 amide bonds. The van der Waals surface area contributed by atoms with Crippen molar-refractivity contribution in [3.8, 4) is 5.75 Å². The molecule has 24 heavy (non-hydrogen) atoms. The van der Waals surface area contributed by atoms with Crippen LogP contribution in [0.1, 0.15) is 5.56 Å². The van der Waals surface area contributed by atoms with Gasteiger partial charge in [0.1, 0.15) is 5.75 Å². The maximum absolute atomic E-state index is 14.1. The summed E-state index contributed by atoms with van der Waals surface area (Å²) in [6.45, 7) is 0. The number of allylic oxidation sites excluding steroid dienone is 2. The average Bonchev–Trinajstić information content (AvgIpc) is 3.04. The van der Waals surface area contributed by atoms with Crippen molar-refractivity contribution in [2.24, 2.45) is 5.16 Å². The highest BCUT2D eigenvalue weighted by Crippen LogP contribution is 2.53. The van der Waals surface area contributed by atoms with Crippen molar-refractivity contribution in [2.75, 3.05) is 7.11 Å². The topological polar surface area (TPSA) is 40.0 Å². The molecule has 0 radical (unpaired) electrons. The van der Waals surface area contributed by atoms with Crippen LogP contribution >= 0.6 is 11.6 Å². The molecule has 1 aromatic carbocycles. The Labute approximate surface area is 136 Å². The predicted octanol–water partition coefficient (Wildman–Crippen LogP) is 4.32. The van der Waals surface area contributed by atoms with Gasteiger partial charge in [-0.2, -0.15) is 8.78 Å². The van der Waals surface area contributed by atoms with Crippen molar-refractivity contribution < 1.29 is 36.3 Å². The fourth-order valence-electron chi connectivity index (χ4n) is 2.05. The smallest absolute Gasteiger partial charge is 0.388 e. The monoisotopic (exact) mass is 367 g/mol. The molecule has 1 heterocycles. The van der Waals surface area contributed by atoms with Crippen LogP contribution in [0.2, 0.25) is 0 Å². The first-order valence-electron chi connectivity index (χ1n) is 6.34. The summed E-state index contributed by atoms with van der Waals surface area (Å²) < 4.78 is 78.7. The lowest BCUT2D eigenvalue weighted by molar-refractivity contribution is -0.135. The Kier molecular flexibility index (Phi) is 3.71. The van der Waals surface area contributed by atoms with Crippen LogP contribution < -0.4 is 4.74 Å². The molecular weight excluding hydrogens is 361 g/mol. The summed E-state index contributed by atoms with van der Waals surface area (Å²) in [5.41, 5.74) is 0.164.